The van der Waals surface area contributed by atoms with E-state index >= 15 is 0 Å². The summed E-state index contributed by atoms with van der Waals surface area (Å²) in [5.74, 6) is 0. The molecule has 58 valence electrons. The molecule has 0 aliphatic rings. The Hall–Kier alpha value is 0.400. The van der Waals surface area contributed by atoms with Gasteiger partial charge in [-0.05, 0) is 49.6 Å². The number of hydrogen-bond donors (Lipinski definition) is 0. The van der Waals surface area contributed by atoms with Crippen LogP contribution in [-0.2, 0) is 0 Å². The Balaban J connectivity index is 3.31. The first-order valence-electron chi connectivity index (χ1n) is 2.92. The van der Waals surface area contributed by atoms with Crippen molar-refractivity contribution >= 4 is 53.9 Å². The minimum Gasteiger partial charge on any atom is -0.0984 e. The van der Waals surface area contributed by atoms with Crippen LogP contribution >= 0.6 is 47.8 Å². The van der Waals surface area contributed by atoms with Crippen LogP contribution in [0.15, 0.2) is 32.1 Å². The summed E-state index contributed by atoms with van der Waals surface area (Å²) in [5, 5.41) is 0. The van der Waals surface area contributed by atoms with Crippen molar-refractivity contribution in [2.45, 2.75) is 0 Å². The van der Waals surface area contributed by atoms with Crippen molar-refractivity contribution in [2.75, 3.05) is 0 Å². The van der Waals surface area contributed by atoms with Gasteiger partial charge in [-0.15, -0.1) is 0 Å². The van der Waals surface area contributed by atoms with Crippen LogP contribution < -0.4 is 0 Å². The van der Waals surface area contributed by atoms with Crippen molar-refractivity contribution < 1.29 is 0 Å². The minimum atomic E-state index is 1.04. The first-order chi connectivity index (χ1) is 5.15. The molecule has 0 nitrogen and oxygen atoms in total. The fourth-order valence-corrected chi connectivity index (χ4v) is 2.21. The Bertz CT molecular complexity index is 292. The normalized spacial score (nSPS) is 9.73. The molecule has 1 aromatic rings. The molecule has 0 bridgehead atoms. The zero-order valence-electron chi connectivity index (χ0n) is 5.57. The van der Waals surface area contributed by atoms with Crippen molar-refractivity contribution in [3.63, 3.8) is 0 Å². The quantitative estimate of drug-likeness (QED) is 0.654. The van der Waals surface area contributed by atoms with Crippen LogP contribution in [-0.4, -0.2) is 0 Å². The molecule has 11 heavy (non-hydrogen) atoms. The van der Waals surface area contributed by atoms with Crippen LogP contribution in [0.4, 0.5) is 0 Å². The highest BCUT2D eigenvalue weighted by atomic mass is 79.9. The van der Waals surface area contributed by atoms with Crippen LogP contribution in [0.25, 0.3) is 6.08 Å². The summed E-state index contributed by atoms with van der Waals surface area (Å²) in [6.07, 6.45) is 1.81. The minimum absolute atomic E-state index is 1.04. The molecule has 1 aromatic carbocycles. The highest BCUT2D eigenvalue weighted by molar-refractivity contribution is 9.13. The molecule has 0 aromatic heterocycles. The monoisotopic (exact) mass is 338 g/mol. The summed E-state index contributed by atoms with van der Waals surface area (Å²) >= 11 is 10.2. The molecule has 0 amide bonds. The van der Waals surface area contributed by atoms with Crippen molar-refractivity contribution in [2.24, 2.45) is 0 Å². The van der Waals surface area contributed by atoms with E-state index in [4.69, 9.17) is 0 Å². The van der Waals surface area contributed by atoms with Gasteiger partial charge in [-0.1, -0.05) is 28.6 Å². The van der Waals surface area contributed by atoms with Crippen LogP contribution in [0.2, 0.25) is 0 Å². The summed E-state index contributed by atoms with van der Waals surface area (Å²) in [5.41, 5.74) is 1.08. The molecule has 0 atom stereocenters. The third kappa shape index (κ3) is 2.17. The molecule has 0 aliphatic carbocycles. The summed E-state index contributed by atoms with van der Waals surface area (Å²) < 4.78 is 3.12. The van der Waals surface area contributed by atoms with Crippen molar-refractivity contribution in [1.29, 1.82) is 0 Å². The molecule has 1 rings (SSSR count). The van der Waals surface area contributed by atoms with Crippen molar-refractivity contribution in [3.05, 3.63) is 37.7 Å². The van der Waals surface area contributed by atoms with Crippen LogP contribution in [0.3, 0.4) is 0 Å². The SMILES string of the molecule is C=Cc1cc(Br)c(Br)cc1Br. The van der Waals surface area contributed by atoms with E-state index in [1.165, 1.54) is 0 Å². The van der Waals surface area contributed by atoms with Gasteiger partial charge in [0.25, 0.3) is 0 Å². The maximum atomic E-state index is 3.70. The Morgan fingerprint density at radius 1 is 1.00 bits per heavy atom. The predicted molar refractivity (Wildman–Crippen MR) is 59.6 cm³/mol. The third-order valence-electron chi connectivity index (χ3n) is 1.26. The molecule has 0 fully saturated rings. The second-order valence-corrected chi connectivity index (χ2v) is 4.55. The zero-order chi connectivity index (χ0) is 8.43. The van der Waals surface area contributed by atoms with Crippen molar-refractivity contribution in [3.8, 4) is 0 Å². The maximum Gasteiger partial charge on any atom is 0.0329 e. The van der Waals surface area contributed by atoms with Gasteiger partial charge >= 0.3 is 0 Å². The molecule has 0 saturated heterocycles. The van der Waals surface area contributed by atoms with Crippen LogP contribution in [0.5, 0.6) is 0 Å². The van der Waals surface area contributed by atoms with Crippen LogP contribution in [0, 0.1) is 0 Å². The van der Waals surface area contributed by atoms with E-state index < -0.39 is 0 Å². The maximum absolute atomic E-state index is 3.70. The van der Waals surface area contributed by atoms with E-state index in [1.807, 2.05) is 12.1 Å². The van der Waals surface area contributed by atoms with E-state index in [2.05, 4.69) is 54.4 Å². The molecule has 0 aliphatic heterocycles. The fourth-order valence-electron chi connectivity index (χ4n) is 0.694. The Kier molecular flexibility index (Phi) is 3.34. The molecule has 0 heterocycles. The van der Waals surface area contributed by atoms with Gasteiger partial charge in [0, 0.05) is 13.4 Å². The smallest absolute Gasteiger partial charge is 0.0329 e. The van der Waals surface area contributed by atoms with E-state index in [-0.39, 0.29) is 0 Å². The van der Waals surface area contributed by atoms with Gasteiger partial charge in [0.15, 0.2) is 0 Å². The van der Waals surface area contributed by atoms with E-state index in [9.17, 15) is 0 Å². The largest absolute Gasteiger partial charge is 0.0984 e. The molecule has 0 unspecified atom stereocenters. The van der Waals surface area contributed by atoms with E-state index in [0.29, 0.717) is 0 Å². The molecule has 0 radical (unpaired) electrons. The van der Waals surface area contributed by atoms with Gasteiger partial charge in [0.2, 0.25) is 0 Å². The van der Waals surface area contributed by atoms with E-state index in [1.54, 1.807) is 6.08 Å². The lowest BCUT2D eigenvalue weighted by Crippen LogP contribution is -1.76. The first-order valence-corrected chi connectivity index (χ1v) is 5.30. The second kappa shape index (κ2) is 3.87. The summed E-state index contributed by atoms with van der Waals surface area (Å²) in [6, 6.07) is 3.99. The number of benzene rings is 1. The molecule has 3 heteroatoms. The summed E-state index contributed by atoms with van der Waals surface area (Å²) in [6.45, 7) is 3.70. The fraction of sp³-hybridized carbons (Fsp3) is 0. The summed E-state index contributed by atoms with van der Waals surface area (Å²) in [4.78, 5) is 0. The van der Waals surface area contributed by atoms with Gasteiger partial charge < -0.3 is 0 Å². The lowest BCUT2D eigenvalue weighted by Gasteiger charge is -2.01. The highest BCUT2D eigenvalue weighted by Gasteiger charge is 2.00. The Morgan fingerprint density at radius 3 is 2.09 bits per heavy atom. The highest BCUT2D eigenvalue weighted by Crippen LogP contribution is 2.30. The predicted octanol–water partition coefficient (Wildman–Crippen LogP) is 4.62. The molecular weight excluding hydrogens is 336 g/mol. The zero-order valence-corrected chi connectivity index (χ0v) is 10.3. The lowest BCUT2D eigenvalue weighted by molar-refractivity contribution is 1.52. The molecule has 0 saturated carbocycles. The van der Waals surface area contributed by atoms with Gasteiger partial charge in [-0.25, -0.2) is 0 Å². The van der Waals surface area contributed by atoms with Crippen LogP contribution in [0.1, 0.15) is 5.56 Å². The van der Waals surface area contributed by atoms with Gasteiger partial charge in [0.1, 0.15) is 0 Å². The van der Waals surface area contributed by atoms with Gasteiger partial charge in [-0.3, -0.25) is 0 Å². The summed E-state index contributed by atoms with van der Waals surface area (Å²) in [7, 11) is 0. The molecule has 0 spiro atoms. The van der Waals surface area contributed by atoms with Gasteiger partial charge in [-0.2, -0.15) is 0 Å². The number of hydrogen-bond acceptors (Lipinski definition) is 0. The third-order valence-corrected chi connectivity index (χ3v) is 3.79. The average Bonchev–Trinajstić information content (AvgIpc) is 1.97. The number of rotatable bonds is 1. The average molecular weight is 341 g/mol. The molecule has 0 N–H and O–H groups in total. The number of halogens is 3. The Morgan fingerprint density at radius 2 is 1.55 bits per heavy atom. The van der Waals surface area contributed by atoms with E-state index in [0.717, 1.165) is 19.0 Å². The van der Waals surface area contributed by atoms with Gasteiger partial charge in [0.05, 0.1) is 0 Å². The topological polar surface area (TPSA) is 0 Å². The first kappa shape index (κ1) is 9.49. The standard InChI is InChI=1S/C8H5Br3/c1-2-5-3-7(10)8(11)4-6(5)9/h2-4H,1H2. The second-order valence-electron chi connectivity index (χ2n) is 1.99. The van der Waals surface area contributed by atoms with Crippen molar-refractivity contribution in [1.82, 2.24) is 0 Å². The molecular formula is C8H5Br3. The lowest BCUT2D eigenvalue weighted by atomic mass is 10.2. The Labute approximate surface area is 91.1 Å².